The number of carbonyl (C=O) groups excluding carboxylic acids is 1. The summed E-state index contributed by atoms with van der Waals surface area (Å²) >= 11 is 0. The molecule has 4 rings (SSSR count). The predicted molar refractivity (Wildman–Crippen MR) is 101 cm³/mol. The highest BCUT2D eigenvalue weighted by atomic mass is 16.5. The number of carbonyl (C=O) groups is 1. The van der Waals surface area contributed by atoms with E-state index >= 15 is 0 Å². The minimum Gasteiger partial charge on any atom is -0.380 e. The molecule has 1 N–H and O–H groups in total. The molecule has 2 saturated heterocycles. The number of aromatic nitrogens is 2. The van der Waals surface area contributed by atoms with Crippen molar-refractivity contribution in [2.24, 2.45) is 0 Å². The minimum atomic E-state index is 0.176. The number of likely N-dealkylation sites (tertiary alicyclic amines) is 1. The molecule has 1 atom stereocenters. The molecule has 1 amide bonds. The second-order valence-electron chi connectivity index (χ2n) is 7.46. The van der Waals surface area contributed by atoms with E-state index in [2.05, 4.69) is 20.9 Å². The van der Waals surface area contributed by atoms with Crippen LogP contribution in [-0.4, -0.2) is 65.1 Å². The maximum Gasteiger partial charge on any atom is 0.219 e. The highest BCUT2D eigenvalue weighted by molar-refractivity contribution is 5.81. The molecular weight excluding hydrogens is 328 g/mol. The number of piperidine rings is 1. The highest BCUT2D eigenvalue weighted by Gasteiger charge is 2.28. The van der Waals surface area contributed by atoms with Gasteiger partial charge in [-0.25, -0.2) is 4.98 Å². The average Bonchev–Trinajstić information content (AvgIpc) is 2.83. The zero-order valence-corrected chi connectivity index (χ0v) is 15.5. The molecular formula is C20H28N4O2. The summed E-state index contributed by atoms with van der Waals surface area (Å²) < 4.78 is 5.61. The second-order valence-corrected chi connectivity index (χ2v) is 7.46. The molecule has 6 heteroatoms. The van der Waals surface area contributed by atoms with Gasteiger partial charge in [0.15, 0.2) is 0 Å². The molecule has 0 aromatic carbocycles. The lowest BCUT2D eigenvalue weighted by Crippen LogP contribution is -2.38. The Morgan fingerprint density at radius 3 is 3.12 bits per heavy atom. The van der Waals surface area contributed by atoms with Gasteiger partial charge in [0.2, 0.25) is 5.91 Å². The van der Waals surface area contributed by atoms with Gasteiger partial charge in [-0.15, -0.1) is 0 Å². The lowest BCUT2D eigenvalue weighted by Gasteiger charge is -2.32. The molecule has 0 saturated carbocycles. The maximum atomic E-state index is 11.9. The maximum absolute atomic E-state index is 11.9. The van der Waals surface area contributed by atoms with Gasteiger partial charge in [-0.1, -0.05) is 0 Å². The molecule has 0 radical (unpaired) electrons. The number of amides is 1. The Bertz CT molecular complexity index is 764. The van der Waals surface area contributed by atoms with Crippen LogP contribution in [0.25, 0.3) is 11.0 Å². The van der Waals surface area contributed by atoms with E-state index in [9.17, 15) is 4.79 Å². The van der Waals surface area contributed by atoms with Crippen LogP contribution in [-0.2, 0) is 16.1 Å². The summed E-state index contributed by atoms with van der Waals surface area (Å²) in [5, 5.41) is 1.22. The first kappa shape index (κ1) is 17.5. The van der Waals surface area contributed by atoms with Crippen molar-refractivity contribution in [1.82, 2.24) is 19.8 Å². The molecule has 2 aliphatic rings. The predicted octanol–water partition coefficient (Wildman–Crippen LogP) is 2.51. The number of rotatable bonds is 3. The number of nitrogens with one attached hydrogen (secondary N) is 1. The van der Waals surface area contributed by atoms with Crippen LogP contribution in [0.3, 0.4) is 0 Å². The van der Waals surface area contributed by atoms with Gasteiger partial charge in [0.05, 0.1) is 6.61 Å². The number of aromatic amines is 1. The van der Waals surface area contributed by atoms with E-state index in [1.165, 1.54) is 16.6 Å². The number of hydrogen-bond donors (Lipinski definition) is 1. The quantitative estimate of drug-likeness (QED) is 0.918. The summed E-state index contributed by atoms with van der Waals surface area (Å²) in [4.78, 5) is 24.5. The lowest BCUT2D eigenvalue weighted by atomic mass is 9.91. The molecule has 2 fully saturated rings. The van der Waals surface area contributed by atoms with Crippen LogP contribution in [0, 0.1) is 0 Å². The Kier molecular flexibility index (Phi) is 5.22. The topological polar surface area (TPSA) is 61.5 Å². The van der Waals surface area contributed by atoms with Gasteiger partial charge < -0.3 is 14.6 Å². The Hall–Kier alpha value is -1.92. The van der Waals surface area contributed by atoms with Crippen molar-refractivity contribution in [3.8, 4) is 0 Å². The van der Waals surface area contributed by atoms with E-state index in [4.69, 9.17) is 4.74 Å². The SMILES string of the molecule is CC(=O)N1CCCC(c2[nH]c3ncccc3c2CN2CCCOCC2)C1. The van der Waals surface area contributed by atoms with Crippen molar-refractivity contribution < 1.29 is 9.53 Å². The summed E-state index contributed by atoms with van der Waals surface area (Å²) in [6.07, 6.45) is 5.10. The fraction of sp³-hybridized carbons (Fsp3) is 0.600. The largest absolute Gasteiger partial charge is 0.380 e. The van der Waals surface area contributed by atoms with Crippen LogP contribution in [0.4, 0.5) is 0 Å². The first-order valence-corrected chi connectivity index (χ1v) is 9.73. The normalized spacial score (nSPS) is 22.5. The monoisotopic (exact) mass is 356 g/mol. The van der Waals surface area contributed by atoms with Gasteiger partial charge in [0.1, 0.15) is 5.65 Å². The minimum absolute atomic E-state index is 0.176. The molecule has 26 heavy (non-hydrogen) atoms. The first-order chi connectivity index (χ1) is 12.7. The van der Waals surface area contributed by atoms with Gasteiger partial charge in [-0.05, 0) is 37.0 Å². The molecule has 0 aliphatic carbocycles. The highest BCUT2D eigenvalue weighted by Crippen LogP contribution is 2.33. The van der Waals surface area contributed by atoms with Crippen molar-refractivity contribution in [2.45, 2.75) is 38.6 Å². The molecule has 140 valence electrons. The van der Waals surface area contributed by atoms with Crippen LogP contribution in [0.5, 0.6) is 0 Å². The number of ether oxygens (including phenoxy) is 1. The second kappa shape index (κ2) is 7.76. The van der Waals surface area contributed by atoms with Gasteiger partial charge in [-0.3, -0.25) is 9.69 Å². The summed E-state index contributed by atoms with van der Waals surface area (Å²) in [5.41, 5.74) is 3.59. The zero-order chi connectivity index (χ0) is 17.9. The van der Waals surface area contributed by atoms with Crippen molar-refractivity contribution in [3.05, 3.63) is 29.6 Å². The average molecular weight is 356 g/mol. The van der Waals surface area contributed by atoms with E-state index in [1.54, 1.807) is 6.92 Å². The Morgan fingerprint density at radius 2 is 2.23 bits per heavy atom. The molecule has 6 nitrogen and oxygen atoms in total. The van der Waals surface area contributed by atoms with E-state index in [0.29, 0.717) is 5.92 Å². The number of pyridine rings is 1. The van der Waals surface area contributed by atoms with Gasteiger partial charge in [0, 0.05) is 69.4 Å². The third kappa shape index (κ3) is 3.62. The van der Waals surface area contributed by atoms with E-state index in [1.807, 2.05) is 17.2 Å². The van der Waals surface area contributed by atoms with Crippen molar-refractivity contribution in [1.29, 1.82) is 0 Å². The van der Waals surface area contributed by atoms with Crippen LogP contribution < -0.4 is 0 Å². The summed E-state index contributed by atoms with van der Waals surface area (Å²) in [6.45, 7) is 7.97. The molecule has 2 aromatic heterocycles. The van der Waals surface area contributed by atoms with Gasteiger partial charge in [-0.2, -0.15) is 0 Å². The molecule has 4 heterocycles. The summed E-state index contributed by atoms with van der Waals surface area (Å²) in [6, 6.07) is 4.18. The molecule has 0 spiro atoms. The summed E-state index contributed by atoms with van der Waals surface area (Å²) in [7, 11) is 0. The first-order valence-electron chi connectivity index (χ1n) is 9.73. The molecule has 2 aromatic rings. The Balaban J connectivity index is 1.66. The molecule has 2 aliphatic heterocycles. The number of hydrogen-bond acceptors (Lipinski definition) is 4. The third-order valence-corrected chi connectivity index (χ3v) is 5.68. The Labute approximate surface area is 154 Å². The van der Waals surface area contributed by atoms with Crippen molar-refractivity contribution >= 4 is 16.9 Å². The van der Waals surface area contributed by atoms with Crippen LogP contribution >= 0.6 is 0 Å². The van der Waals surface area contributed by atoms with Crippen LogP contribution in [0.1, 0.15) is 43.4 Å². The zero-order valence-electron chi connectivity index (χ0n) is 15.5. The standard InChI is InChI=1S/C20H28N4O2/c1-15(25)24-9-3-5-16(13-24)19-18(14-23-8-4-11-26-12-10-23)17-6-2-7-21-20(17)22-19/h2,6-7,16H,3-5,8-14H2,1H3,(H,21,22). The third-order valence-electron chi connectivity index (χ3n) is 5.68. The molecule has 1 unspecified atom stereocenters. The van der Waals surface area contributed by atoms with Crippen LogP contribution in [0.15, 0.2) is 18.3 Å². The summed E-state index contributed by atoms with van der Waals surface area (Å²) in [5.74, 6) is 0.537. The Morgan fingerprint density at radius 1 is 1.31 bits per heavy atom. The fourth-order valence-corrected chi connectivity index (χ4v) is 4.29. The van der Waals surface area contributed by atoms with E-state index < -0.39 is 0 Å². The smallest absolute Gasteiger partial charge is 0.219 e. The lowest BCUT2D eigenvalue weighted by molar-refractivity contribution is -0.130. The van der Waals surface area contributed by atoms with E-state index in [-0.39, 0.29) is 5.91 Å². The fourth-order valence-electron chi connectivity index (χ4n) is 4.29. The van der Waals surface area contributed by atoms with Crippen molar-refractivity contribution in [3.63, 3.8) is 0 Å². The van der Waals surface area contributed by atoms with Gasteiger partial charge >= 0.3 is 0 Å². The number of fused-ring (bicyclic) bond motifs is 1. The number of nitrogens with zero attached hydrogens (tertiary/aromatic N) is 3. The molecule has 0 bridgehead atoms. The van der Waals surface area contributed by atoms with Crippen LogP contribution in [0.2, 0.25) is 0 Å². The number of H-pyrrole nitrogens is 1. The van der Waals surface area contributed by atoms with E-state index in [0.717, 1.165) is 70.8 Å². The van der Waals surface area contributed by atoms with Crippen molar-refractivity contribution in [2.75, 3.05) is 39.4 Å². The van der Waals surface area contributed by atoms with Gasteiger partial charge in [0.25, 0.3) is 0 Å².